The summed E-state index contributed by atoms with van der Waals surface area (Å²) in [6, 6.07) is 4.90. The Labute approximate surface area is 105 Å². The third-order valence-corrected chi connectivity index (χ3v) is 2.52. The third kappa shape index (κ3) is 3.70. The van der Waals surface area contributed by atoms with Crippen LogP contribution in [0.15, 0.2) is 18.2 Å². The predicted octanol–water partition coefficient (Wildman–Crippen LogP) is 1.66. The Balaban J connectivity index is 2.92. The maximum absolute atomic E-state index is 11.7. The quantitative estimate of drug-likeness (QED) is 0.762. The Morgan fingerprint density at radius 1 is 1.53 bits per heavy atom. The summed E-state index contributed by atoms with van der Waals surface area (Å²) in [7, 11) is 0. The van der Waals surface area contributed by atoms with Crippen LogP contribution in [0.2, 0.25) is 5.02 Å². The molecule has 0 bridgehead atoms. The molecule has 0 fully saturated rings. The van der Waals surface area contributed by atoms with Crippen LogP contribution in [0.5, 0.6) is 5.75 Å². The molecule has 94 valence electrons. The van der Waals surface area contributed by atoms with Crippen molar-refractivity contribution in [1.82, 2.24) is 0 Å². The Morgan fingerprint density at radius 3 is 2.82 bits per heavy atom. The molecule has 0 aliphatic carbocycles. The highest BCUT2D eigenvalue weighted by Crippen LogP contribution is 2.29. The highest BCUT2D eigenvalue weighted by Gasteiger charge is 2.15. The molecule has 1 aromatic carbocycles. The van der Waals surface area contributed by atoms with E-state index in [2.05, 4.69) is 0 Å². The lowest BCUT2D eigenvalue weighted by atomic mass is 10.1. The number of Topliss-reactive ketones (excluding diaryl/α,β-unsaturated/α-hetero) is 1. The van der Waals surface area contributed by atoms with Crippen LogP contribution in [0.25, 0.3) is 0 Å². The number of carbonyl (C=O) groups excluding carboxylic acids is 1. The number of hydrogen-bond acceptors (Lipinski definition) is 4. The van der Waals surface area contributed by atoms with Gasteiger partial charge in [-0.05, 0) is 12.1 Å². The van der Waals surface area contributed by atoms with Crippen molar-refractivity contribution in [2.45, 2.75) is 19.4 Å². The number of ketones is 1. The van der Waals surface area contributed by atoms with Crippen molar-refractivity contribution < 1.29 is 19.7 Å². The summed E-state index contributed by atoms with van der Waals surface area (Å²) >= 11 is 5.94. The van der Waals surface area contributed by atoms with Crippen LogP contribution in [0.3, 0.4) is 0 Å². The average molecular weight is 259 g/mol. The maximum Gasteiger partial charge on any atom is 0.166 e. The monoisotopic (exact) mass is 258 g/mol. The van der Waals surface area contributed by atoms with Crippen molar-refractivity contribution in [3.05, 3.63) is 28.8 Å². The van der Waals surface area contributed by atoms with Crippen LogP contribution < -0.4 is 4.74 Å². The van der Waals surface area contributed by atoms with Gasteiger partial charge >= 0.3 is 0 Å². The third-order valence-electron chi connectivity index (χ3n) is 2.22. The lowest BCUT2D eigenvalue weighted by Gasteiger charge is -2.14. The van der Waals surface area contributed by atoms with Crippen molar-refractivity contribution in [3.8, 4) is 5.75 Å². The van der Waals surface area contributed by atoms with Crippen molar-refractivity contribution in [2.24, 2.45) is 0 Å². The minimum Gasteiger partial charge on any atom is -0.488 e. The highest BCUT2D eigenvalue weighted by atomic mass is 35.5. The van der Waals surface area contributed by atoms with E-state index >= 15 is 0 Å². The maximum atomic E-state index is 11.7. The molecular formula is C12H15ClO4. The number of aliphatic hydroxyl groups is 2. The van der Waals surface area contributed by atoms with E-state index in [0.717, 1.165) is 0 Å². The van der Waals surface area contributed by atoms with E-state index in [1.54, 1.807) is 25.1 Å². The summed E-state index contributed by atoms with van der Waals surface area (Å²) in [4.78, 5) is 11.7. The molecule has 0 aliphatic heterocycles. The Kier molecular flexibility index (Phi) is 5.41. The van der Waals surface area contributed by atoms with Gasteiger partial charge in [0.15, 0.2) is 5.78 Å². The van der Waals surface area contributed by atoms with E-state index in [1.807, 2.05) is 0 Å². The van der Waals surface area contributed by atoms with Gasteiger partial charge < -0.3 is 14.9 Å². The van der Waals surface area contributed by atoms with Crippen LogP contribution in [-0.4, -0.2) is 35.3 Å². The van der Waals surface area contributed by atoms with Crippen molar-refractivity contribution in [3.63, 3.8) is 0 Å². The zero-order valence-electron chi connectivity index (χ0n) is 9.52. The first-order valence-electron chi connectivity index (χ1n) is 5.33. The molecule has 2 N–H and O–H groups in total. The molecule has 5 heteroatoms. The predicted molar refractivity (Wildman–Crippen MR) is 64.7 cm³/mol. The van der Waals surface area contributed by atoms with Crippen molar-refractivity contribution in [2.75, 3.05) is 13.2 Å². The normalized spacial score (nSPS) is 12.2. The van der Waals surface area contributed by atoms with Gasteiger partial charge in [-0.25, -0.2) is 0 Å². The molecule has 0 saturated carbocycles. The van der Waals surface area contributed by atoms with E-state index in [-0.39, 0.29) is 18.1 Å². The van der Waals surface area contributed by atoms with Gasteiger partial charge in [-0.3, -0.25) is 4.79 Å². The van der Waals surface area contributed by atoms with Crippen LogP contribution in [-0.2, 0) is 0 Å². The van der Waals surface area contributed by atoms with Crippen LogP contribution in [0.1, 0.15) is 23.7 Å². The molecule has 0 saturated heterocycles. The zero-order chi connectivity index (χ0) is 12.8. The molecule has 17 heavy (non-hydrogen) atoms. The van der Waals surface area contributed by atoms with Crippen molar-refractivity contribution >= 4 is 17.4 Å². The number of halogens is 1. The minimum absolute atomic E-state index is 0.0824. The molecule has 0 spiro atoms. The second kappa shape index (κ2) is 6.59. The molecule has 0 aromatic heterocycles. The van der Waals surface area contributed by atoms with Gasteiger partial charge in [0, 0.05) is 6.42 Å². The number of para-hydroxylation sites is 1. The second-order valence-corrected chi connectivity index (χ2v) is 3.95. The standard InChI is InChI=1S/C12H15ClO4/c1-2-11(16)9-4-3-5-10(13)12(9)17-7-8(15)6-14/h3-5,8,14-15H,2,6-7H2,1H3. The Morgan fingerprint density at radius 2 is 2.24 bits per heavy atom. The summed E-state index contributed by atoms with van der Waals surface area (Å²) in [6.07, 6.45) is -0.643. The number of carbonyl (C=O) groups is 1. The largest absolute Gasteiger partial charge is 0.488 e. The zero-order valence-corrected chi connectivity index (χ0v) is 10.3. The van der Waals surface area contributed by atoms with Crippen LogP contribution in [0.4, 0.5) is 0 Å². The summed E-state index contributed by atoms with van der Waals surface area (Å²) < 4.78 is 5.28. The first-order chi connectivity index (χ1) is 8.10. The summed E-state index contributed by atoms with van der Waals surface area (Å²) in [5.41, 5.74) is 0.394. The first kappa shape index (κ1) is 14.0. The number of hydrogen-bond donors (Lipinski definition) is 2. The molecule has 0 heterocycles. The summed E-state index contributed by atoms with van der Waals surface area (Å²) in [5, 5.41) is 18.2. The number of benzene rings is 1. The van der Waals surface area contributed by atoms with Crippen molar-refractivity contribution in [1.29, 1.82) is 0 Å². The fourth-order valence-corrected chi connectivity index (χ4v) is 1.53. The first-order valence-corrected chi connectivity index (χ1v) is 5.71. The molecule has 1 aromatic rings. The van der Waals surface area contributed by atoms with Crippen LogP contribution in [0, 0.1) is 0 Å². The van der Waals surface area contributed by atoms with E-state index in [1.165, 1.54) is 0 Å². The van der Waals surface area contributed by atoms with Gasteiger partial charge in [-0.2, -0.15) is 0 Å². The van der Waals surface area contributed by atoms with Crippen LogP contribution >= 0.6 is 11.6 Å². The van der Waals surface area contributed by atoms with E-state index in [9.17, 15) is 9.90 Å². The molecule has 0 amide bonds. The SMILES string of the molecule is CCC(=O)c1cccc(Cl)c1OCC(O)CO. The minimum atomic E-state index is -0.990. The van der Waals surface area contributed by atoms with E-state index < -0.39 is 12.7 Å². The fourth-order valence-electron chi connectivity index (χ4n) is 1.30. The Hall–Kier alpha value is -1.10. The van der Waals surface area contributed by atoms with Gasteiger partial charge in [0.05, 0.1) is 17.2 Å². The molecule has 0 aliphatic rings. The smallest absolute Gasteiger partial charge is 0.166 e. The molecule has 1 unspecified atom stereocenters. The van der Waals surface area contributed by atoms with Gasteiger partial charge in [0.1, 0.15) is 18.5 Å². The molecule has 0 radical (unpaired) electrons. The highest BCUT2D eigenvalue weighted by molar-refractivity contribution is 6.32. The van der Waals surface area contributed by atoms with Gasteiger partial charge in [0.25, 0.3) is 0 Å². The van der Waals surface area contributed by atoms with Gasteiger partial charge in [-0.15, -0.1) is 0 Å². The fraction of sp³-hybridized carbons (Fsp3) is 0.417. The van der Waals surface area contributed by atoms with Gasteiger partial charge in [-0.1, -0.05) is 24.6 Å². The number of aliphatic hydroxyl groups excluding tert-OH is 2. The number of rotatable bonds is 6. The van der Waals surface area contributed by atoms with E-state index in [0.29, 0.717) is 17.0 Å². The lowest BCUT2D eigenvalue weighted by Crippen LogP contribution is -2.22. The van der Waals surface area contributed by atoms with E-state index in [4.69, 9.17) is 21.4 Å². The molecule has 1 rings (SSSR count). The molecule has 4 nitrogen and oxygen atoms in total. The topological polar surface area (TPSA) is 66.8 Å². The summed E-state index contributed by atoms with van der Waals surface area (Å²) in [6.45, 7) is 1.24. The van der Waals surface area contributed by atoms with Gasteiger partial charge in [0.2, 0.25) is 0 Å². The lowest BCUT2D eigenvalue weighted by molar-refractivity contribution is 0.0531. The number of ether oxygens (including phenoxy) is 1. The molecular weight excluding hydrogens is 244 g/mol. The summed E-state index contributed by atoms with van der Waals surface area (Å²) in [5.74, 6) is 0.175. The molecule has 1 atom stereocenters. The Bertz CT molecular complexity index is 392. The average Bonchev–Trinajstić information content (AvgIpc) is 2.35. The second-order valence-electron chi connectivity index (χ2n) is 3.54.